The Hall–Kier alpha value is -2.74. The highest BCUT2D eigenvalue weighted by molar-refractivity contribution is 6.22. The number of nitrogens with zero attached hydrogens (tertiary/aromatic N) is 2. The van der Waals surface area contributed by atoms with Gasteiger partial charge in [0.2, 0.25) is 5.91 Å². The monoisotopic (exact) mass is 388 g/mol. The van der Waals surface area contributed by atoms with Gasteiger partial charge in [-0.3, -0.25) is 24.1 Å². The van der Waals surface area contributed by atoms with Gasteiger partial charge in [-0.25, -0.2) is 0 Å². The number of benzene rings is 1. The molecule has 3 rings (SSSR count). The molecule has 3 amide bonds. The van der Waals surface area contributed by atoms with Crippen molar-refractivity contribution in [3.63, 3.8) is 0 Å². The van der Waals surface area contributed by atoms with Crippen molar-refractivity contribution < 1.29 is 29.0 Å². The van der Waals surface area contributed by atoms with E-state index in [-0.39, 0.29) is 36.1 Å². The first kappa shape index (κ1) is 20.0. The largest absolute Gasteiger partial charge is 0.481 e. The minimum atomic E-state index is -1.01. The van der Waals surface area contributed by atoms with Crippen LogP contribution in [0.2, 0.25) is 0 Å². The fraction of sp³-hybridized carbons (Fsp3) is 0.500. The number of fused-ring (bicyclic) bond motifs is 1. The van der Waals surface area contributed by atoms with Gasteiger partial charge >= 0.3 is 5.97 Å². The first-order valence-electron chi connectivity index (χ1n) is 9.28. The zero-order valence-electron chi connectivity index (χ0n) is 16.1. The van der Waals surface area contributed by atoms with Crippen LogP contribution in [0.1, 0.15) is 47.4 Å². The Kier molecular flexibility index (Phi) is 5.51. The van der Waals surface area contributed by atoms with E-state index in [4.69, 9.17) is 4.74 Å². The zero-order valence-corrected chi connectivity index (χ0v) is 16.1. The minimum Gasteiger partial charge on any atom is -0.481 e. The molecule has 0 spiro atoms. The van der Waals surface area contributed by atoms with Crippen LogP contribution >= 0.6 is 0 Å². The molecular weight excluding hydrogens is 364 g/mol. The maximum Gasteiger partial charge on any atom is 0.305 e. The second-order valence-electron chi connectivity index (χ2n) is 7.55. The van der Waals surface area contributed by atoms with E-state index in [0.717, 1.165) is 4.90 Å². The van der Waals surface area contributed by atoms with Gasteiger partial charge in [0.1, 0.15) is 6.04 Å². The molecule has 1 saturated heterocycles. The average Bonchev–Trinajstić information content (AvgIpc) is 3.16. The summed E-state index contributed by atoms with van der Waals surface area (Å²) in [5, 5.41) is 9.20. The van der Waals surface area contributed by atoms with Crippen molar-refractivity contribution in [2.24, 2.45) is 5.92 Å². The molecule has 2 aliphatic heterocycles. The number of methoxy groups -OCH3 is 1. The molecule has 150 valence electrons. The third-order valence-electron chi connectivity index (χ3n) is 5.39. The quantitative estimate of drug-likeness (QED) is 0.739. The summed E-state index contributed by atoms with van der Waals surface area (Å²) in [5.41, 5.74) is 0.563. The zero-order chi connectivity index (χ0) is 20.6. The lowest BCUT2D eigenvalue weighted by Crippen LogP contribution is -2.54. The van der Waals surface area contributed by atoms with Crippen LogP contribution in [0, 0.1) is 5.92 Å². The first-order chi connectivity index (χ1) is 13.3. The number of carboxylic acids is 1. The van der Waals surface area contributed by atoms with Gasteiger partial charge in [0.25, 0.3) is 11.8 Å². The molecule has 1 aromatic rings. The van der Waals surface area contributed by atoms with E-state index in [1.54, 1.807) is 38.1 Å². The molecule has 2 heterocycles. The lowest BCUT2D eigenvalue weighted by Gasteiger charge is -2.34. The van der Waals surface area contributed by atoms with Gasteiger partial charge in [-0.15, -0.1) is 0 Å². The number of carbonyl (C=O) groups is 4. The predicted molar refractivity (Wildman–Crippen MR) is 98.7 cm³/mol. The number of rotatable bonds is 6. The van der Waals surface area contributed by atoms with E-state index in [2.05, 4.69) is 0 Å². The van der Waals surface area contributed by atoms with Gasteiger partial charge in [0.05, 0.1) is 23.7 Å². The van der Waals surface area contributed by atoms with Gasteiger partial charge < -0.3 is 14.7 Å². The predicted octanol–water partition coefficient (Wildman–Crippen LogP) is 1.40. The molecule has 8 nitrogen and oxygen atoms in total. The van der Waals surface area contributed by atoms with Crippen LogP contribution in [0.4, 0.5) is 0 Å². The Morgan fingerprint density at radius 1 is 1.18 bits per heavy atom. The Balaban J connectivity index is 1.92. The van der Waals surface area contributed by atoms with Crippen LogP contribution in [0.15, 0.2) is 24.3 Å². The molecule has 0 bridgehead atoms. The minimum absolute atomic E-state index is 0.210. The molecule has 0 aromatic heterocycles. The van der Waals surface area contributed by atoms with E-state index in [1.165, 1.54) is 12.0 Å². The third kappa shape index (κ3) is 3.40. The fourth-order valence-corrected chi connectivity index (χ4v) is 4.03. The van der Waals surface area contributed by atoms with Crippen molar-refractivity contribution in [3.05, 3.63) is 35.4 Å². The van der Waals surface area contributed by atoms with Crippen LogP contribution in [0.3, 0.4) is 0 Å². The smallest absolute Gasteiger partial charge is 0.305 e. The molecular formula is C20H24N2O6. The molecule has 3 unspecified atom stereocenters. The number of likely N-dealkylation sites (tertiary alicyclic amines) is 1. The van der Waals surface area contributed by atoms with Gasteiger partial charge in [-0.1, -0.05) is 26.0 Å². The van der Waals surface area contributed by atoms with E-state index in [1.807, 2.05) is 0 Å². The maximum atomic E-state index is 13.4. The SMILES string of the molecule is COC1CC(CC(=O)O)N(C(=O)C(C(C)C)N2C(=O)c3ccccc3C2=O)C1. The summed E-state index contributed by atoms with van der Waals surface area (Å²) in [4.78, 5) is 52.8. The summed E-state index contributed by atoms with van der Waals surface area (Å²) in [7, 11) is 1.51. The number of hydrogen-bond donors (Lipinski definition) is 1. The highest BCUT2D eigenvalue weighted by atomic mass is 16.5. The molecule has 1 N–H and O–H groups in total. The Labute approximate surface area is 163 Å². The van der Waals surface area contributed by atoms with Gasteiger partial charge in [-0.2, -0.15) is 0 Å². The summed E-state index contributed by atoms with van der Waals surface area (Å²) in [6, 6.07) is 4.95. The second kappa shape index (κ2) is 7.71. The fourth-order valence-electron chi connectivity index (χ4n) is 4.03. The molecule has 1 aromatic carbocycles. The number of hydrogen-bond acceptors (Lipinski definition) is 5. The van der Waals surface area contributed by atoms with Crippen LogP contribution in [-0.2, 0) is 14.3 Å². The third-order valence-corrected chi connectivity index (χ3v) is 5.39. The van der Waals surface area contributed by atoms with Crippen LogP contribution < -0.4 is 0 Å². The molecule has 0 aliphatic carbocycles. The normalized spacial score (nSPS) is 22.7. The van der Waals surface area contributed by atoms with Crippen LogP contribution in [0.5, 0.6) is 0 Å². The van der Waals surface area contributed by atoms with Crippen molar-refractivity contribution in [2.75, 3.05) is 13.7 Å². The molecule has 0 radical (unpaired) electrons. The summed E-state index contributed by atoms with van der Waals surface area (Å²) in [6.07, 6.45) is -0.0803. The van der Waals surface area contributed by atoms with Crippen LogP contribution in [-0.4, -0.2) is 70.4 Å². The standard InChI is InChI=1S/C20H24N2O6/c1-11(2)17(22-18(25)14-6-4-5-7-15(14)19(22)26)20(27)21-10-13(28-3)8-12(21)9-16(23)24/h4-7,11-13,17H,8-10H2,1-3H3,(H,23,24). The molecule has 0 saturated carbocycles. The van der Waals surface area contributed by atoms with Crippen LogP contribution in [0.25, 0.3) is 0 Å². The molecule has 3 atom stereocenters. The number of carboxylic acid groups (broad SMARTS) is 1. The number of ether oxygens (including phenoxy) is 1. The number of imide groups is 1. The van der Waals surface area contributed by atoms with E-state index < -0.39 is 35.8 Å². The highest BCUT2D eigenvalue weighted by Gasteiger charge is 2.47. The van der Waals surface area contributed by atoms with E-state index >= 15 is 0 Å². The van der Waals surface area contributed by atoms with Gasteiger partial charge in [-0.05, 0) is 24.5 Å². The molecule has 1 fully saturated rings. The Morgan fingerprint density at radius 2 is 1.75 bits per heavy atom. The van der Waals surface area contributed by atoms with Gasteiger partial charge in [0, 0.05) is 19.7 Å². The summed E-state index contributed by atoms with van der Waals surface area (Å²) in [6.45, 7) is 3.77. The summed E-state index contributed by atoms with van der Waals surface area (Å²) >= 11 is 0. The summed E-state index contributed by atoms with van der Waals surface area (Å²) in [5.74, 6) is -2.76. The van der Waals surface area contributed by atoms with E-state index in [9.17, 15) is 24.3 Å². The lowest BCUT2D eigenvalue weighted by atomic mass is 10.00. The molecule has 28 heavy (non-hydrogen) atoms. The van der Waals surface area contributed by atoms with Crippen molar-refractivity contribution in [3.8, 4) is 0 Å². The summed E-state index contributed by atoms with van der Waals surface area (Å²) < 4.78 is 5.33. The van der Waals surface area contributed by atoms with Crippen molar-refractivity contribution in [2.45, 2.75) is 44.9 Å². The first-order valence-corrected chi connectivity index (χ1v) is 9.28. The topological polar surface area (TPSA) is 104 Å². The van der Waals surface area contributed by atoms with Gasteiger partial charge in [0.15, 0.2) is 0 Å². The van der Waals surface area contributed by atoms with Crippen molar-refractivity contribution in [1.29, 1.82) is 0 Å². The number of aliphatic carboxylic acids is 1. The number of amides is 3. The maximum absolute atomic E-state index is 13.4. The Morgan fingerprint density at radius 3 is 2.21 bits per heavy atom. The Bertz CT molecular complexity index is 786. The average molecular weight is 388 g/mol. The van der Waals surface area contributed by atoms with E-state index in [0.29, 0.717) is 6.42 Å². The highest BCUT2D eigenvalue weighted by Crippen LogP contribution is 2.31. The van der Waals surface area contributed by atoms with Crippen molar-refractivity contribution in [1.82, 2.24) is 9.80 Å². The molecule has 8 heteroatoms. The number of carbonyl (C=O) groups excluding carboxylic acids is 3. The lowest BCUT2D eigenvalue weighted by molar-refractivity contribution is -0.142. The molecule has 2 aliphatic rings. The van der Waals surface area contributed by atoms with Crippen molar-refractivity contribution >= 4 is 23.7 Å². The second-order valence-corrected chi connectivity index (χ2v) is 7.55.